The van der Waals surface area contributed by atoms with Gasteiger partial charge in [0.1, 0.15) is 6.54 Å². The van der Waals surface area contributed by atoms with Crippen molar-refractivity contribution in [1.82, 2.24) is 19.4 Å². The Morgan fingerprint density at radius 3 is 2.92 bits per heavy atom. The Bertz CT molecular complexity index is 611. The van der Waals surface area contributed by atoms with Gasteiger partial charge in [-0.15, -0.1) is 0 Å². The van der Waals surface area contributed by atoms with Gasteiger partial charge < -0.3 is 14.4 Å². The quantitative estimate of drug-likeness (QED) is 0.841. The maximum atomic E-state index is 12.6. The molecule has 130 valence electrons. The lowest BCUT2D eigenvalue weighted by atomic mass is 9.73. The van der Waals surface area contributed by atoms with Gasteiger partial charge in [-0.1, -0.05) is 0 Å². The van der Waals surface area contributed by atoms with Gasteiger partial charge in [0.15, 0.2) is 0 Å². The molecular formula is C18H26N4O2. The summed E-state index contributed by atoms with van der Waals surface area (Å²) in [5.41, 5.74) is 0.117. The number of imidazole rings is 1. The molecule has 0 N–H and O–H groups in total. The van der Waals surface area contributed by atoms with Gasteiger partial charge in [-0.05, 0) is 38.0 Å². The zero-order chi connectivity index (χ0) is 16.6. The van der Waals surface area contributed by atoms with Crippen molar-refractivity contribution in [3.8, 4) is 0 Å². The van der Waals surface area contributed by atoms with E-state index >= 15 is 0 Å². The third-order valence-corrected chi connectivity index (χ3v) is 5.81. The van der Waals surface area contributed by atoms with Gasteiger partial charge in [-0.3, -0.25) is 9.59 Å². The number of carbonyl (C=O) groups excluding carboxylic acids is 2. The maximum Gasteiger partial charge on any atom is 0.242 e. The Labute approximate surface area is 142 Å². The van der Waals surface area contributed by atoms with Crippen molar-refractivity contribution in [1.29, 1.82) is 0 Å². The van der Waals surface area contributed by atoms with Gasteiger partial charge in [-0.25, -0.2) is 4.98 Å². The molecule has 6 nitrogen and oxygen atoms in total. The Morgan fingerprint density at radius 2 is 2.17 bits per heavy atom. The molecule has 6 heteroatoms. The molecule has 2 aliphatic heterocycles. The summed E-state index contributed by atoms with van der Waals surface area (Å²) in [5.74, 6) is 1.21. The summed E-state index contributed by atoms with van der Waals surface area (Å²) in [5, 5.41) is 0. The van der Waals surface area contributed by atoms with E-state index in [0.717, 1.165) is 51.4 Å². The lowest BCUT2D eigenvalue weighted by Gasteiger charge is -2.48. The smallest absolute Gasteiger partial charge is 0.242 e. The highest BCUT2D eigenvalue weighted by molar-refractivity contribution is 5.78. The van der Waals surface area contributed by atoms with E-state index in [4.69, 9.17) is 0 Å². The minimum atomic E-state index is 0.117. The Morgan fingerprint density at radius 1 is 1.29 bits per heavy atom. The van der Waals surface area contributed by atoms with Crippen LogP contribution in [0.2, 0.25) is 0 Å². The van der Waals surface area contributed by atoms with Gasteiger partial charge in [0.05, 0.1) is 6.33 Å². The second-order valence-corrected chi connectivity index (χ2v) is 7.87. The van der Waals surface area contributed by atoms with Gasteiger partial charge in [0, 0.05) is 50.4 Å². The number of likely N-dealkylation sites (tertiary alicyclic amines) is 2. The van der Waals surface area contributed by atoms with Crippen LogP contribution in [0.25, 0.3) is 0 Å². The maximum absolute atomic E-state index is 12.6. The number of piperidine rings is 2. The molecule has 1 aromatic rings. The zero-order valence-corrected chi connectivity index (χ0v) is 14.2. The van der Waals surface area contributed by atoms with Gasteiger partial charge in [0.25, 0.3) is 0 Å². The van der Waals surface area contributed by atoms with Gasteiger partial charge in [0.2, 0.25) is 11.8 Å². The molecule has 2 saturated heterocycles. The van der Waals surface area contributed by atoms with Crippen molar-refractivity contribution in [2.45, 2.75) is 45.1 Å². The first-order valence-corrected chi connectivity index (χ1v) is 9.15. The molecule has 1 saturated carbocycles. The van der Waals surface area contributed by atoms with Crippen LogP contribution in [0.15, 0.2) is 18.7 Å². The van der Waals surface area contributed by atoms with E-state index in [2.05, 4.69) is 9.88 Å². The predicted octanol–water partition coefficient (Wildman–Crippen LogP) is 1.52. The van der Waals surface area contributed by atoms with Crippen molar-refractivity contribution >= 4 is 11.8 Å². The number of amides is 2. The van der Waals surface area contributed by atoms with Crippen LogP contribution in [0.1, 0.15) is 38.5 Å². The van der Waals surface area contributed by atoms with Gasteiger partial charge in [-0.2, -0.15) is 0 Å². The molecule has 1 atom stereocenters. The van der Waals surface area contributed by atoms with Crippen molar-refractivity contribution < 1.29 is 9.59 Å². The molecule has 24 heavy (non-hydrogen) atoms. The minimum absolute atomic E-state index is 0.117. The van der Waals surface area contributed by atoms with Crippen LogP contribution in [-0.4, -0.2) is 57.3 Å². The van der Waals surface area contributed by atoms with E-state index in [1.807, 2.05) is 15.7 Å². The summed E-state index contributed by atoms with van der Waals surface area (Å²) in [6.07, 6.45) is 11.5. The van der Waals surface area contributed by atoms with Crippen LogP contribution in [0.5, 0.6) is 0 Å². The monoisotopic (exact) mass is 330 g/mol. The molecule has 3 heterocycles. The second-order valence-electron chi connectivity index (χ2n) is 7.87. The molecule has 0 bridgehead atoms. The fourth-order valence-corrected chi connectivity index (χ4v) is 4.27. The van der Waals surface area contributed by atoms with Crippen molar-refractivity contribution in [2.24, 2.45) is 11.3 Å². The van der Waals surface area contributed by atoms with E-state index in [0.29, 0.717) is 18.9 Å². The topological polar surface area (TPSA) is 58.4 Å². The largest absolute Gasteiger partial charge is 0.342 e. The number of aromatic nitrogens is 2. The van der Waals surface area contributed by atoms with Crippen molar-refractivity contribution in [3.63, 3.8) is 0 Å². The fourth-order valence-electron chi connectivity index (χ4n) is 4.27. The van der Waals surface area contributed by atoms with Crippen LogP contribution in [0, 0.1) is 11.3 Å². The van der Waals surface area contributed by atoms with Crippen molar-refractivity contribution in [2.75, 3.05) is 26.2 Å². The molecule has 0 unspecified atom stereocenters. The van der Waals surface area contributed by atoms with Crippen LogP contribution in [-0.2, 0) is 16.1 Å². The Hall–Kier alpha value is -1.85. The number of rotatable bonds is 4. The minimum Gasteiger partial charge on any atom is -0.342 e. The lowest BCUT2D eigenvalue weighted by Crippen LogP contribution is -2.55. The molecule has 0 aromatic carbocycles. The van der Waals surface area contributed by atoms with Crippen LogP contribution in [0.4, 0.5) is 0 Å². The molecule has 0 radical (unpaired) electrons. The number of nitrogens with zero attached hydrogens (tertiary/aromatic N) is 4. The molecule has 3 aliphatic rings. The lowest BCUT2D eigenvalue weighted by molar-refractivity contribution is -0.143. The first-order valence-electron chi connectivity index (χ1n) is 9.15. The standard InChI is InChI=1S/C18H26N4O2/c23-16-4-6-18(13-22(16)10-15-2-3-15)5-1-8-21(12-18)17(24)11-20-9-7-19-14-20/h7,9,14-15H,1-6,8,10-13H2/t18-/m0/s1. The molecule has 1 spiro atoms. The average molecular weight is 330 g/mol. The SMILES string of the molecule is O=C(Cn1ccnc1)N1CCC[C@]2(CCC(=O)N(CC3CC3)C2)C1. The molecule has 1 aromatic heterocycles. The molecule has 2 amide bonds. The summed E-state index contributed by atoms with van der Waals surface area (Å²) in [6, 6.07) is 0. The molecular weight excluding hydrogens is 304 g/mol. The highest BCUT2D eigenvalue weighted by Crippen LogP contribution is 2.40. The Balaban J connectivity index is 1.41. The van der Waals surface area contributed by atoms with E-state index in [1.165, 1.54) is 12.8 Å². The van der Waals surface area contributed by atoms with Crippen LogP contribution in [0.3, 0.4) is 0 Å². The molecule has 4 rings (SSSR count). The summed E-state index contributed by atoms with van der Waals surface area (Å²) in [7, 11) is 0. The predicted molar refractivity (Wildman–Crippen MR) is 89.0 cm³/mol. The van der Waals surface area contributed by atoms with Crippen LogP contribution < -0.4 is 0 Å². The van der Waals surface area contributed by atoms with Crippen LogP contribution >= 0.6 is 0 Å². The summed E-state index contributed by atoms with van der Waals surface area (Å²) >= 11 is 0. The first-order chi connectivity index (χ1) is 11.6. The third-order valence-electron chi connectivity index (χ3n) is 5.81. The van der Waals surface area contributed by atoms with E-state index in [1.54, 1.807) is 12.5 Å². The normalized spacial score (nSPS) is 27.8. The second kappa shape index (κ2) is 6.22. The highest BCUT2D eigenvalue weighted by Gasteiger charge is 2.43. The summed E-state index contributed by atoms with van der Waals surface area (Å²) in [6.45, 7) is 3.78. The van der Waals surface area contributed by atoms with E-state index in [9.17, 15) is 9.59 Å². The third kappa shape index (κ3) is 3.32. The Kier molecular flexibility index (Phi) is 4.06. The molecule has 3 fully saturated rings. The average Bonchev–Trinajstić information content (AvgIpc) is 3.25. The summed E-state index contributed by atoms with van der Waals surface area (Å²) in [4.78, 5) is 33.0. The van der Waals surface area contributed by atoms with Crippen molar-refractivity contribution in [3.05, 3.63) is 18.7 Å². The number of hydrogen-bond donors (Lipinski definition) is 0. The van der Waals surface area contributed by atoms with E-state index in [-0.39, 0.29) is 11.3 Å². The highest BCUT2D eigenvalue weighted by atomic mass is 16.2. The first kappa shape index (κ1) is 15.7. The molecule has 1 aliphatic carbocycles. The fraction of sp³-hybridized carbons (Fsp3) is 0.722. The summed E-state index contributed by atoms with van der Waals surface area (Å²) < 4.78 is 1.83. The van der Waals surface area contributed by atoms with E-state index < -0.39 is 0 Å². The zero-order valence-electron chi connectivity index (χ0n) is 14.2. The number of carbonyl (C=O) groups is 2. The number of hydrogen-bond acceptors (Lipinski definition) is 3. The van der Waals surface area contributed by atoms with Gasteiger partial charge >= 0.3 is 0 Å².